The number of rotatable bonds is 7. The van der Waals surface area contributed by atoms with Crippen LogP contribution < -0.4 is 5.73 Å². The average Bonchev–Trinajstić information content (AvgIpc) is 3.38. The Balaban J connectivity index is 1.37. The van der Waals surface area contributed by atoms with Gasteiger partial charge in [-0.05, 0) is 84.7 Å². The van der Waals surface area contributed by atoms with Gasteiger partial charge in [0, 0.05) is 45.8 Å². The van der Waals surface area contributed by atoms with E-state index in [2.05, 4.69) is 65.2 Å². The summed E-state index contributed by atoms with van der Waals surface area (Å²) in [6, 6.07) is 31.4. The molecule has 0 radical (unpaired) electrons. The number of hydrogen-bond donors (Lipinski definition) is 2. The second-order valence-corrected chi connectivity index (χ2v) is 11.7. The number of carbonyl (C=O) groups excluding carboxylic acids is 1. The number of para-hydroxylation sites is 2. The van der Waals surface area contributed by atoms with E-state index >= 15 is 0 Å². The predicted octanol–water partition coefficient (Wildman–Crippen LogP) is 7.83. The molecule has 1 aliphatic carbocycles. The lowest BCUT2D eigenvalue weighted by molar-refractivity contribution is 0.0998. The lowest BCUT2D eigenvalue weighted by Gasteiger charge is -2.30. The van der Waals surface area contributed by atoms with Crippen LogP contribution in [0.4, 0.5) is 0 Å². The van der Waals surface area contributed by atoms with E-state index in [0.29, 0.717) is 17.4 Å². The minimum atomic E-state index is -0.396. The van der Waals surface area contributed by atoms with Crippen LogP contribution in [0.1, 0.15) is 48.0 Å². The van der Waals surface area contributed by atoms with Gasteiger partial charge in [0.05, 0.1) is 16.6 Å². The largest absolute Gasteiger partial charge is 0.396 e. The van der Waals surface area contributed by atoms with Crippen LogP contribution in [0.5, 0.6) is 0 Å². The summed E-state index contributed by atoms with van der Waals surface area (Å²) in [5, 5.41) is 13.4. The lowest BCUT2D eigenvalue weighted by Crippen LogP contribution is -2.23. The Kier molecular flexibility index (Phi) is 6.96. The van der Waals surface area contributed by atoms with Crippen molar-refractivity contribution in [2.75, 3.05) is 6.61 Å². The van der Waals surface area contributed by atoms with Crippen LogP contribution >= 0.6 is 0 Å². The van der Waals surface area contributed by atoms with Crippen LogP contribution in [-0.4, -0.2) is 27.2 Å². The SMILES string of the molecule is NC(=O)c1ccc(-n2c3ccccc3c3c(-c4cnc5ccccc5c4)cccc32)cc1CCC1CCCC[C@@H]1CO. The number of aliphatic hydroxyl groups excluding tert-OH is 1. The fraction of sp³-hybridized carbons (Fsp3) is 0.243. The van der Waals surface area contributed by atoms with Crippen LogP contribution in [0, 0.1) is 11.8 Å². The molecule has 3 N–H and O–H groups in total. The highest BCUT2D eigenvalue weighted by Gasteiger charge is 2.25. The smallest absolute Gasteiger partial charge is 0.248 e. The third kappa shape index (κ3) is 4.64. The quantitative estimate of drug-likeness (QED) is 0.211. The van der Waals surface area contributed by atoms with E-state index < -0.39 is 5.91 Å². The molecule has 6 aromatic rings. The molecular weight excluding hydrogens is 518 g/mol. The number of carbonyl (C=O) groups is 1. The minimum absolute atomic E-state index is 0.240. The van der Waals surface area contributed by atoms with Crippen molar-refractivity contribution in [2.24, 2.45) is 17.6 Å². The predicted molar refractivity (Wildman–Crippen MR) is 171 cm³/mol. The van der Waals surface area contributed by atoms with Crippen molar-refractivity contribution in [3.8, 4) is 16.8 Å². The van der Waals surface area contributed by atoms with Gasteiger partial charge in [0.25, 0.3) is 0 Å². The van der Waals surface area contributed by atoms with Crippen molar-refractivity contribution in [2.45, 2.75) is 38.5 Å². The number of pyridine rings is 1. The van der Waals surface area contributed by atoms with E-state index in [9.17, 15) is 9.90 Å². The molecule has 42 heavy (non-hydrogen) atoms. The van der Waals surface area contributed by atoms with E-state index in [4.69, 9.17) is 10.7 Å². The molecule has 210 valence electrons. The van der Waals surface area contributed by atoms with Crippen LogP contribution in [0.3, 0.4) is 0 Å². The summed E-state index contributed by atoms with van der Waals surface area (Å²) in [5.74, 6) is 0.422. The van der Waals surface area contributed by atoms with Crippen LogP contribution in [0.2, 0.25) is 0 Å². The molecule has 7 rings (SSSR count). The summed E-state index contributed by atoms with van der Waals surface area (Å²) in [7, 11) is 0. The van der Waals surface area contributed by atoms with Crippen LogP contribution in [-0.2, 0) is 6.42 Å². The number of aliphatic hydroxyl groups is 1. The molecule has 2 aromatic heterocycles. The van der Waals surface area contributed by atoms with Gasteiger partial charge in [0.2, 0.25) is 5.91 Å². The first-order valence-electron chi connectivity index (χ1n) is 15.0. The first-order valence-corrected chi connectivity index (χ1v) is 15.0. The lowest BCUT2D eigenvalue weighted by atomic mass is 9.76. The molecule has 0 saturated heterocycles. The van der Waals surface area contributed by atoms with Gasteiger partial charge in [-0.25, -0.2) is 0 Å². The third-order valence-corrected chi connectivity index (χ3v) is 9.30. The Morgan fingerprint density at radius 1 is 0.881 bits per heavy atom. The first kappa shape index (κ1) is 26.4. The number of hydrogen-bond acceptors (Lipinski definition) is 3. The number of primary amides is 1. The molecule has 1 saturated carbocycles. The molecule has 0 spiro atoms. The Morgan fingerprint density at radius 2 is 1.67 bits per heavy atom. The second kappa shape index (κ2) is 11.1. The molecular formula is C37H35N3O2. The van der Waals surface area contributed by atoms with Gasteiger partial charge in [-0.15, -0.1) is 0 Å². The maximum absolute atomic E-state index is 12.5. The van der Waals surface area contributed by atoms with Gasteiger partial charge >= 0.3 is 0 Å². The van der Waals surface area contributed by atoms with Crippen molar-refractivity contribution < 1.29 is 9.90 Å². The zero-order valence-electron chi connectivity index (χ0n) is 23.7. The zero-order chi connectivity index (χ0) is 28.6. The molecule has 0 aliphatic heterocycles. The number of nitrogens with two attached hydrogens (primary N) is 1. The van der Waals surface area contributed by atoms with E-state index in [-0.39, 0.29) is 6.61 Å². The number of aromatic nitrogens is 2. The van der Waals surface area contributed by atoms with E-state index in [0.717, 1.165) is 70.0 Å². The van der Waals surface area contributed by atoms with Crippen molar-refractivity contribution in [3.63, 3.8) is 0 Å². The van der Waals surface area contributed by atoms with Gasteiger partial charge < -0.3 is 15.4 Å². The fourth-order valence-corrected chi connectivity index (χ4v) is 7.17. The number of amides is 1. The third-order valence-electron chi connectivity index (χ3n) is 9.30. The maximum Gasteiger partial charge on any atom is 0.248 e. The minimum Gasteiger partial charge on any atom is -0.396 e. The van der Waals surface area contributed by atoms with Crippen molar-refractivity contribution in [1.82, 2.24) is 9.55 Å². The normalized spacial score (nSPS) is 17.3. The second-order valence-electron chi connectivity index (χ2n) is 11.7. The summed E-state index contributed by atoms with van der Waals surface area (Å²) in [6.45, 7) is 0.240. The van der Waals surface area contributed by atoms with Crippen LogP contribution in [0.15, 0.2) is 97.2 Å². The van der Waals surface area contributed by atoms with Gasteiger partial charge in [-0.3, -0.25) is 9.78 Å². The summed E-state index contributed by atoms with van der Waals surface area (Å²) in [5.41, 5.74) is 13.8. The first-order chi connectivity index (χ1) is 20.6. The molecule has 4 aromatic carbocycles. The summed E-state index contributed by atoms with van der Waals surface area (Å²) in [6.07, 6.45) is 8.29. The van der Waals surface area contributed by atoms with Crippen molar-refractivity contribution in [3.05, 3.63) is 108 Å². The highest BCUT2D eigenvalue weighted by Crippen LogP contribution is 2.39. The van der Waals surface area contributed by atoms with E-state index in [1.54, 1.807) is 0 Å². The van der Waals surface area contributed by atoms with E-state index in [1.165, 1.54) is 23.6 Å². The molecule has 2 heterocycles. The molecule has 1 unspecified atom stereocenters. The molecule has 5 heteroatoms. The van der Waals surface area contributed by atoms with Gasteiger partial charge in [-0.1, -0.05) is 67.8 Å². The monoisotopic (exact) mass is 553 g/mol. The Morgan fingerprint density at radius 3 is 2.52 bits per heavy atom. The van der Waals surface area contributed by atoms with Crippen LogP contribution in [0.25, 0.3) is 49.5 Å². The number of benzene rings is 4. The number of nitrogens with zero attached hydrogens (tertiary/aromatic N) is 2. The number of fused-ring (bicyclic) bond motifs is 4. The molecule has 2 atom stereocenters. The highest BCUT2D eigenvalue weighted by atomic mass is 16.3. The van der Waals surface area contributed by atoms with Gasteiger partial charge in [0.15, 0.2) is 0 Å². The summed E-state index contributed by atoms with van der Waals surface area (Å²) < 4.78 is 2.30. The number of aryl methyl sites for hydroxylation is 1. The standard InChI is InChI=1S/C37H35N3O2/c38-37(42)31-19-18-29(21-25(31)17-16-24-8-1-2-10-27(24)23-41)40-34-14-6-4-11-32(34)36-30(12-7-15-35(36)40)28-20-26-9-3-5-13-33(26)39-22-28/h3-7,9,11-15,18-22,24,27,41H,1-2,8,10,16-17,23H2,(H2,38,42)/t24?,27-/m1/s1. The Labute approximate surface area is 245 Å². The Hall–Kier alpha value is -4.48. The van der Waals surface area contributed by atoms with Crippen molar-refractivity contribution >= 4 is 38.6 Å². The fourth-order valence-electron chi connectivity index (χ4n) is 7.17. The average molecular weight is 554 g/mol. The van der Waals surface area contributed by atoms with E-state index in [1.807, 2.05) is 36.5 Å². The van der Waals surface area contributed by atoms with Crippen molar-refractivity contribution in [1.29, 1.82) is 0 Å². The summed E-state index contributed by atoms with van der Waals surface area (Å²) in [4.78, 5) is 17.2. The zero-order valence-corrected chi connectivity index (χ0v) is 23.7. The molecule has 1 aliphatic rings. The molecule has 1 amide bonds. The molecule has 1 fully saturated rings. The molecule has 0 bridgehead atoms. The maximum atomic E-state index is 12.5. The molecule has 5 nitrogen and oxygen atoms in total. The Bertz CT molecular complexity index is 1940. The van der Waals surface area contributed by atoms with Gasteiger partial charge in [0.1, 0.15) is 0 Å². The summed E-state index contributed by atoms with van der Waals surface area (Å²) >= 11 is 0. The van der Waals surface area contributed by atoms with Gasteiger partial charge in [-0.2, -0.15) is 0 Å². The topological polar surface area (TPSA) is 81.1 Å². The highest BCUT2D eigenvalue weighted by molar-refractivity contribution is 6.16.